The van der Waals surface area contributed by atoms with Crippen LogP contribution in [0, 0.1) is 0 Å². The summed E-state index contributed by atoms with van der Waals surface area (Å²) in [6, 6.07) is 0. The average molecular weight is 1010 g/mol. The average Bonchev–Trinajstić information content (AvgIpc) is 3.39. The van der Waals surface area contributed by atoms with Gasteiger partial charge in [0.15, 0.2) is 6.10 Å². The van der Waals surface area contributed by atoms with Crippen molar-refractivity contribution in [2.75, 3.05) is 13.2 Å². The van der Waals surface area contributed by atoms with Crippen molar-refractivity contribution in [3.63, 3.8) is 0 Å². The van der Waals surface area contributed by atoms with Crippen LogP contribution in [0.15, 0.2) is 109 Å². The fraction of sp³-hybridized carbons (Fsp3) is 0.687. The molecule has 6 nitrogen and oxygen atoms in total. The Balaban J connectivity index is 4.28. The molecule has 416 valence electrons. The summed E-state index contributed by atoms with van der Waals surface area (Å²) in [7, 11) is 0. The first-order chi connectivity index (χ1) is 36.0. The Morgan fingerprint density at radius 2 is 0.534 bits per heavy atom. The van der Waals surface area contributed by atoms with Gasteiger partial charge in [-0.1, -0.05) is 278 Å². The van der Waals surface area contributed by atoms with E-state index in [1.54, 1.807) is 0 Å². The van der Waals surface area contributed by atoms with Crippen molar-refractivity contribution in [3.05, 3.63) is 109 Å². The summed E-state index contributed by atoms with van der Waals surface area (Å²) in [4.78, 5) is 38.1. The third-order valence-corrected chi connectivity index (χ3v) is 12.8. The highest BCUT2D eigenvalue weighted by atomic mass is 16.6. The number of ether oxygens (including phenoxy) is 3. The molecule has 73 heavy (non-hydrogen) atoms. The zero-order valence-electron chi connectivity index (χ0n) is 47.6. The van der Waals surface area contributed by atoms with Crippen molar-refractivity contribution in [2.45, 2.75) is 284 Å². The topological polar surface area (TPSA) is 78.9 Å². The van der Waals surface area contributed by atoms with Gasteiger partial charge in [-0.25, -0.2) is 0 Å². The van der Waals surface area contributed by atoms with Crippen molar-refractivity contribution in [3.8, 4) is 0 Å². The molecule has 0 rings (SSSR count). The molecule has 0 N–H and O–H groups in total. The number of allylic oxidation sites excluding steroid dienone is 18. The van der Waals surface area contributed by atoms with Gasteiger partial charge in [0.05, 0.1) is 0 Å². The molecule has 0 aromatic carbocycles. The Labute approximate surface area is 450 Å². The summed E-state index contributed by atoms with van der Waals surface area (Å²) in [6.45, 7) is 6.49. The molecule has 0 aliphatic heterocycles. The van der Waals surface area contributed by atoms with E-state index in [1.165, 1.54) is 116 Å². The molecule has 0 fully saturated rings. The van der Waals surface area contributed by atoms with E-state index in [0.717, 1.165) is 122 Å². The summed E-state index contributed by atoms with van der Waals surface area (Å²) in [5, 5.41) is 0. The van der Waals surface area contributed by atoms with Gasteiger partial charge in [-0.15, -0.1) is 0 Å². The van der Waals surface area contributed by atoms with Gasteiger partial charge in [0.1, 0.15) is 13.2 Å². The lowest BCUT2D eigenvalue weighted by atomic mass is 10.0. The Morgan fingerprint density at radius 1 is 0.288 bits per heavy atom. The smallest absolute Gasteiger partial charge is 0.306 e. The minimum absolute atomic E-state index is 0.0859. The van der Waals surface area contributed by atoms with Crippen LogP contribution < -0.4 is 0 Å². The SMILES string of the molecule is CC/C=C\C/C=C\C/C=C\C/C=C\C/C=C\C/C=C\C/C=C\C/C=C\C/C=C\CCCCCC(=O)OCC(COC(=O)CCCCCCCCCCC)OC(=O)CCCCCCCCCCCCCCCCC. The number of carbonyl (C=O) groups is 3. The maximum atomic E-state index is 12.8. The van der Waals surface area contributed by atoms with E-state index in [1.807, 2.05) is 0 Å². The fourth-order valence-electron chi connectivity index (χ4n) is 8.26. The first kappa shape index (κ1) is 69.1. The first-order valence-corrected chi connectivity index (χ1v) is 30.4. The molecule has 6 heteroatoms. The molecule has 0 radical (unpaired) electrons. The summed E-state index contributed by atoms with van der Waals surface area (Å²) < 4.78 is 16.8. The second kappa shape index (κ2) is 60.6. The summed E-state index contributed by atoms with van der Waals surface area (Å²) in [5.74, 6) is -0.918. The maximum Gasteiger partial charge on any atom is 0.306 e. The van der Waals surface area contributed by atoms with Gasteiger partial charge < -0.3 is 14.2 Å². The van der Waals surface area contributed by atoms with Crippen LogP contribution in [-0.2, 0) is 28.6 Å². The van der Waals surface area contributed by atoms with Crippen LogP contribution in [0.5, 0.6) is 0 Å². The lowest BCUT2D eigenvalue weighted by Crippen LogP contribution is -2.30. The van der Waals surface area contributed by atoms with E-state index < -0.39 is 6.10 Å². The van der Waals surface area contributed by atoms with Crippen LogP contribution in [0.25, 0.3) is 0 Å². The van der Waals surface area contributed by atoms with Crippen LogP contribution >= 0.6 is 0 Å². The largest absolute Gasteiger partial charge is 0.462 e. The molecule has 0 heterocycles. The molecule has 0 aromatic heterocycles. The number of hydrogen-bond donors (Lipinski definition) is 0. The van der Waals surface area contributed by atoms with Gasteiger partial charge in [0, 0.05) is 19.3 Å². The van der Waals surface area contributed by atoms with E-state index in [9.17, 15) is 14.4 Å². The molecule has 0 saturated heterocycles. The molecular formula is C67H112O6. The first-order valence-electron chi connectivity index (χ1n) is 30.4. The number of unbranched alkanes of at least 4 members (excludes halogenated alkanes) is 25. The van der Waals surface area contributed by atoms with E-state index in [4.69, 9.17) is 14.2 Å². The molecule has 0 saturated carbocycles. The van der Waals surface area contributed by atoms with Gasteiger partial charge in [-0.3, -0.25) is 14.4 Å². The molecule has 0 spiro atoms. The molecule has 0 aliphatic rings. The quantitative estimate of drug-likeness (QED) is 0.0261. The molecule has 0 amide bonds. The van der Waals surface area contributed by atoms with Gasteiger partial charge in [-0.05, 0) is 89.9 Å². The normalized spacial score (nSPS) is 12.9. The molecule has 0 aliphatic carbocycles. The third-order valence-electron chi connectivity index (χ3n) is 12.8. The minimum atomic E-state index is -0.789. The van der Waals surface area contributed by atoms with Crippen molar-refractivity contribution < 1.29 is 28.6 Å². The van der Waals surface area contributed by atoms with Crippen molar-refractivity contribution in [2.24, 2.45) is 0 Å². The lowest BCUT2D eigenvalue weighted by Gasteiger charge is -2.18. The molecular weight excluding hydrogens is 901 g/mol. The standard InChI is InChI=1S/C67H112O6/c1-4-7-10-13-16-19-21-23-25-26-27-28-29-30-31-32-33-34-35-36-37-38-39-40-42-43-45-48-51-54-57-60-66(69)72-63-64(62-71-65(68)59-56-53-50-47-18-15-12-9-6-3)73-67(70)61-58-55-52-49-46-44-41-24-22-20-17-14-11-8-5-2/h7,10,16,19,23,25,27-28,30-31,33-34,36-37,39-40,43,45,64H,4-6,8-9,11-15,17-18,20-22,24,26,29,32,35,38,41-42,44,46-63H2,1-3H3/b10-7-,19-16-,25-23-,28-27-,31-30-,34-33-,37-36-,40-39-,45-43-. The molecule has 0 aromatic rings. The van der Waals surface area contributed by atoms with Crippen LogP contribution in [0.2, 0.25) is 0 Å². The zero-order valence-corrected chi connectivity index (χ0v) is 47.6. The predicted octanol–water partition coefficient (Wildman–Crippen LogP) is 20.7. The highest BCUT2D eigenvalue weighted by Gasteiger charge is 2.19. The van der Waals surface area contributed by atoms with Crippen LogP contribution in [0.3, 0.4) is 0 Å². The lowest BCUT2D eigenvalue weighted by molar-refractivity contribution is -0.167. The Hall–Kier alpha value is -3.93. The zero-order chi connectivity index (χ0) is 52.9. The van der Waals surface area contributed by atoms with Gasteiger partial charge >= 0.3 is 17.9 Å². The third kappa shape index (κ3) is 58.8. The van der Waals surface area contributed by atoms with Gasteiger partial charge in [0.25, 0.3) is 0 Å². The Kier molecular flexibility index (Phi) is 57.4. The minimum Gasteiger partial charge on any atom is -0.462 e. The predicted molar refractivity (Wildman–Crippen MR) is 316 cm³/mol. The van der Waals surface area contributed by atoms with Crippen molar-refractivity contribution in [1.82, 2.24) is 0 Å². The van der Waals surface area contributed by atoms with Crippen LogP contribution in [0.4, 0.5) is 0 Å². The van der Waals surface area contributed by atoms with Gasteiger partial charge in [0.2, 0.25) is 0 Å². The monoisotopic (exact) mass is 1010 g/mol. The number of rotatable bonds is 54. The Bertz CT molecular complexity index is 1490. The van der Waals surface area contributed by atoms with Crippen LogP contribution in [-0.4, -0.2) is 37.2 Å². The Morgan fingerprint density at radius 3 is 0.836 bits per heavy atom. The maximum absolute atomic E-state index is 12.8. The number of hydrogen-bond acceptors (Lipinski definition) is 6. The molecule has 1 atom stereocenters. The van der Waals surface area contributed by atoms with E-state index >= 15 is 0 Å². The highest BCUT2D eigenvalue weighted by molar-refractivity contribution is 5.71. The summed E-state index contributed by atoms with van der Waals surface area (Å²) in [5.41, 5.74) is 0. The van der Waals surface area contributed by atoms with Crippen LogP contribution in [0.1, 0.15) is 278 Å². The molecule has 1 unspecified atom stereocenters. The summed E-state index contributed by atoms with van der Waals surface area (Å²) in [6.07, 6.45) is 82.4. The van der Waals surface area contributed by atoms with E-state index in [2.05, 4.69) is 130 Å². The summed E-state index contributed by atoms with van der Waals surface area (Å²) >= 11 is 0. The van der Waals surface area contributed by atoms with E-state index in [0.29, 0.717) is 19.3 Å². The second-order valence-electron chi connectivity index (χ2n) is 19.9. The van der Waals surface area contributed by atoms with Gasteiger partial charge in [-0.2, -0.15) is 0 Å². The fourth-order valence-corrected chi connectivity index (χ4v) is 8.26. The molecule has 0 bridgehead atoms. The number of carbonyl (C=O) groups excluding carboxylic acids is 3. The van der Waals surface area contributed by atoms with Crippen molar-refractivity contribution in [1.29, 1.82) is 0 Å². The second-order valence-corrected chi connectivity index (χ2v) is 19.9. The van der Waals surface area contributed by atoms with E-state index in [-0.39, 0.29) is 31.1 Å². The number of esters is 3. The highest BCUT2D eigenvalue weighted by Crippen LogP contribution is 2.16. The van der Waals surface area contributed by atoms with Crippen molar-refractivity contribution >= 4 is 17.9 Å².